The Kier molecular flexibility index (Phi) is 5.12. The Morgan fingerprint density at radius 3 is 2.83 bits per heavy atom. The second-order valence-electron chi connectivity index (χ2n) is 9.17. The van der Waals surface area contributed by atoms with Crippen molar-refractivity contribution in [3.05, 3.63) is 58.8 Å². The van der Waals surface area contributed by atoms with E-state index in [9.17, 15) is 0 Å². The van der Waals surface area contributed by atoms with Gasteiger partial charge in [-0.25, -0.2) is 15.0 Å². The van der Waals surface area contributed by atoms with Crippen LogP contribution in [-0.2, 0) is 13.0 Å². The Labute approximate surface area is 212 Å². The molecule has 1 saturated carbocycles. The molecule has 1 aliphatic carbocycles. The zero-order chi connectivity index (χ0) is 24.1. The van der Waals surface area contributed by atoms with Gasteiger partial charge in [0, 0.05) is 36.5 Å². The van der Waals surface area contributed by atoms with Crippen molar-refractivity contribution >= 4 is 34.6 Å². The number of nitrogens with zero attached hydrogens (tertiary/aromatic N) is 6. The van der Waals surface area contributed by atoms with Crippen LogP contribution in [-0.4, -0.2) is 44.8 Å². The van der Waals surface area contributed by atoms with E-state index in [-0.39, 0.29) is 0 Å². The molecule has 5 heterocycles. The van der Waals surface area contributed by atoms with E-state index in [2.05, 4.69) is 35.7 Å². The van der Waals surface area contributed by atoms with Gasteiger partial charge in [-0.3, -0.25) is 0 Å². The molecule has 0 amide bonds. The minimum absolute atomic E-state index is 0.439. The number of ether oxygens (including phenoxy) is 1. The molecule has 10 nitrogen and oxygen atoms in total. The Morgan fingerprint density at radius 1 is 1.08 bits per heavy atom. The van der Waals surface area contributed by atoms with Crippen molar-refractivity contribution in [2.45, 2.75) is 31.7 Å². The van der Waals surface area contributed by atoms with Gasteiger partial charge in [-0.15, -0.1) is 10.2 Å². The third-order valence-corrected chi connectivity index (χ3v) is 7.03. The van der Waals surface area contributed by atoms with Crippen LogP contribution in [0.1, 0.15) is 35.9 Å². The van der Waals surface area contributed by atoms with Crippen molar-refractivity contribution in [1.82, 2.24) is 25.1 Å². The summed E-state index contributed by atoms with van der Waals surface area (Å²) in [7, 11) is 0. The third kappa shape index (κ3) is 3.97. The van der Waals surface area contributed by atoms with E-state index in [0.717, 1.165) is 65.6 Å². The topological polar surface area (TPSA) is 114 Å². The molecule has 36 heavy (non-hydrogen) atoms. The van der Waals surface area contributed by atoms with Crippen molar-refractivity contribution in [2.24, 2.45) is 0 Å². The maximum absolute atomic E-state index is 6.72. The molecule has 0 saturated heterocycles. The zero-order valence-electron chi connectivity index (χ0n) is 19.4. The number of pyridine rings is 1. The van der Waals surface area contributed by atoms with Gasteiger partial charge in [0.1, 0.15) is 12.3 Å². The highest BCUT2D eigenvalue weighted by atomic mass is 35.5. The summed E-state index contributed by atoms with van der Waals surface area (Å²) in [5.41, 5.74) is 5.49. The van der Waals surface area contributed by atoms with Crippen LogP contribution in [0.5, 0.6) is 5.88 Å². The van der Waals surface area contributed by atoms with Crippen LogP contribution >= 0.6 is 11.6 Å². The average Bonchev–Trinajstić information content (AvgIpc) is 3.65. The maximum atomic E-state index is 6.72. The van der Waals surface area contributed by atoms with Gasteiger partial charge in [0.2, 0.25) is 23.6 Å². The van der Waals surface area contributed by atoms with Gasteiger partial charge in [0.25, 0.3) is 0 Å². The Hall–Kier alpha value is -3.92. The summed E-state index contributed by atoms with van der Waals surface area (Å²) in [4.78, 5) is 16.0. The lowest BCUT2D eigenvalue weighted by molar-refractivity contribution is 0.310. The number of anilines is 4. The summed E-state index contributed by atoms with van der Waals surface area (Å²) in [5.74, 6) is 2.82. The minimum atomic E-state index is 0.439. The monoisotopic (exact) mass is 502 g/mol. The van der Waals surface area contributed by atoms with E-state index in [1.165, 1.54) is 0 Å². The Morgan fingerprint density at radius 2 is 1.97 bits per heavy atom. The predicted octanol–water partition coefficient (Wildman–Crippen LogP) is 4.56. The summed E-state index contributed by atoms with van der Waals surface area (Å²) in [6.07, 6.45) is 6.77. The largest absolute Gasteiger partial charge is 0.474 e. The van der Waals surface area contributed by atoms with Crippen molar-refractivity contribution in [3.8, 4) is 17.3 Å². The van der Waals surface area contributed by atoms with Gasteiger partial charge in [-0.05, 0) is 49.1 Å². The first kappa shape index (κ1) is 21.4. The molecule has 3 aromatic heterocycles. The molecule has 0 atom stereocenters. The first-order chi connectivity index (χ1) is 17.7. The number of halogens is 1. The van der Waals surface area contributed by atoms with Crippen LogP contribution in [0, 0.1) is 0 Å². The first-order valence-corrected chi connectivity index (χ1v) is 12.4. The van der Waals surface area contributed by atoms with Crippen molar-refractivity contribution in [1.29, 1.82) is 0 Å². The number of aromatic nitrogens is 5. The molecule has 1 fully saturated rings. The van der Waals surface area contributed by atoms with Crippen molar-refractivity contribution < 1.29 is 9.15 Å². The average molecular weight is 503 g/mol. The molecule has 1 aromatic carbocycles. The number of rotatable bonds is 5. The van der Waals surface area contributed by atoms with Crippen LogP contribution < -0.4 is 20.3 Å². The van der Waals surface area contributed by atoms with Crippen molar-refractivity contribution in [3.63, 3.8) is 0 Å². The summed E-state index contributed by atoms with van der Waals surface area (Å²) < 4.78 is 11.4. The summed E-state index contributed by atoms with van der Waals surface area (Å²) in [6.45, 7) is 2.72. The Balaban J connectivity index is 1.08. The van der Waals surface area contributed by atoms with E-state index < -0.39 is 0 Å². The lowest BCUT2D eigenvalue weighted by Crippen LogP contribution is -2.32. The fourth-order valence-corrected chi connectivity index (χ4v) is 4.83. The van der Waals surface area contributed by atoms with E-state index in [1.54, 1.807) is 6.20 Å². The van der Waals surface area contributed by atoms with E-state index in [0.29, 0.717) is 48.4 Å². The Bertz CT molecular complexity index is 1440. The normalized spacial score (nSPS) is 16.5. The van der Waals surface area contributed by atoms with Crippen LogP contribution in [0.15, 0.2) is 41.1 Å². The van der Waals surface area contributed by atoms with Crippen LogP contribution in [0.2, 0.25) is 5.02 Å². The molecule has 0 radical (unpaired) electrons. The number of benzene rings is 1. The quantitative estimate of drug-likeness (QED) is 0.402. The fourth-order valence-electron chi connectivity index (χ4n) is 4.51. The second kappa shape index (κ2) is 8.63. The highest BCUT2D eigenvalue weighted by Crippen LogP contribution is 2.41. The molecule has 0 bridgehead atoms. The predicted molar refractivity (Wildman–Crippen MR) is 135 cm³/mol. The summed E-state index contributed by atoms with van der Waals surface area (Å²) >= 11 is 6.72. The molecule has 3 aliphatic rings. The number of fused-ring (bicyclic) bond motifs is 2. The van der Waals surface area contributed by atoms with Crippen molar-refractivity contribution in [2.75, 3.05) is 35.2 Å². The zero-order valence-corrected chi connectivity index (χ0v) is 20.1. The minimum Gasteiger partial charge on any atom is -0.474 e. The summed E-state index contributed by atoms with van der Waals surface area (Å²) in [6, 6.07) is 7.82. The lowest BCUT2D eigenvalue weighted by Gasteiger charge is -2.31. The molecule has 2 aliphatic heterocycles. The number of hydrogen-bond acceptors (Lipinski definition) is 10. The molecule has 7 rings (SSSR count). The SMILES string of the molecule is Clc1c(N2CCc3cnc(Nc4ccc(-c5nnc(C6CC6)o5)cc4)nc3C2)cnc2c1NCCO2. The van der Waals surface area contributed by atoms with E-state index in [1.807, 2.05) is 30.5 Å². The van der Waals surface area contributed by atoms with E-state index >= 15 is 0 Å². The van der Waals surface area contributed by atoms with Crippen LogP contribution in [0.4, 0.5) is 23.0 Å². The van der Waals surface area contributed by atoms with Gasteiger partial charge in [0.15, 0.2) is 0 Å². The number of hydrogen-bond donors (Lipinski definition) is 2. The van der Waals surface area contributed by atoms with Gasteiger partial charge in [0.05, 0.1) is 29.1 Å². The highest BCUT2D eigenvalue weighted by Gasteiger charge is 2.29. The molecule has 4 aromatic rings. The standard InChI is InChI=1S/C25H23ClN8O2/c26-20-19(12-28-24-21(20)27-8-10-35-24)34-9-7-16-11-29-25(31-18(16)13-34)30-17-5-3-15(4-6-17)23-33-32-22(36-23)14-1-2-14/h3-6,11-12,14,27H,1-2,7-10,13H2,(H,29,30,31). The molecular weight excluding hydrogens is 480 g/mol. The maximum Gasteiger partial charge on any atom is 0.247 e. The lowest BCUT2D eigenvalue weighted by atomic mass is 10.1. The van der Waals surface area contributed by atoms with Gasteiger partial charge >= 0.3 is 0 Å². The van der Waals surface area contributed by atoms with Gasteiger partial charge < -0.3 is 24.7 Å². The second-order valence-corrected chi connectivity index (χ2v) is 9.55. The molecule has 11 heteroatoms. The van der Waals surface area contributed by atoms with Crippen LogP contribution in [0.25, 0.3) is 11.5 Å². The molecule has 182 valence electrons. The van der Waals surface area contributed by atoms with Crippen LogP contribution in [0.3, 0.4) is 0 Å². The third-order valence-electron chi connectivity index (χ3n) is 6.65. The smallest absolute Gasteiger partial charge is 0.247 e. The molecule has 2 N–H and O–H groups in total. The van der Waals surface area contributed by atoms with E-state index in [4.69, 9.17) is 25.7 Å². The fraction of sp³-hybridized carbons (Fsp3) is 0.320. The number of nitrogens with one attached hydrogen (secondary N) is 2. The highest BCUT2D eigenvalue weighted by molar-refractivity contribution is 6.36. The molecular formula is C25H23ClN8O2. The summed E-state index contributed by atoms with van der Waals surface area (Å²) in [5, 5.41) is 15.6. The van der Waals surface area contributed by atoms with Gasteiger partial charge in [-0.1, -0.05) is 11.6 Å². The molecule has 0 spiro atoms. The molecule has 0 unspecified atom stereocenters. The first-order valence-electron chi connectivity index (χ1n) is 12.1. The van der Waals surface area contributed by atoms with Gasteiger partial charge in [-0.2, -0.15) is 0 Å².